The van der Waals surface area contributed by atoms with E-state index in [-0.39, 0.29) is 30.4 Å². The molecule has 1 aromatic rings. The third-order valence-electron chi connectivity index (χ3n) is 9.98. The van der Waals surface area contributed by atoms with Crippen molar-refractivity contribution in [1.29, 1.82) is 0 Å². The van der Waals surface area contributed by atoms with Gasteiger partial charge in [0.15, 0.2) is 18.1 Å². The number of allylic oxidation sites excluding steroid dienone is 4. The number of hydrogen-bond acceptors (Lipinski definition) is 6. The third kappa shape index (κ3) is 3.31. The summed E-state index contributed by atoms with van der Waals surface area (Å²) < 4.78 is 37.9. The Balaban J connectivity index is 1.47. The summed E-state index contributed by atoms with van der Waals surface area (Å²) in [4.78, 5) is 37.8. The molecule has 0 aliphatic heterocycles. The third-order valence-corrected chi connectivity index (χ3v) is 9.98. The van der Waals surface area contributed by atoms with Gasteiger partial charge in [-0.05, 0) is 67.9 Å². The summed E-state index contributed by atoms with van der Waals surface area (Å²) in [6, 6.07) is 8.14. The number of hydrogen-bond donors (Lipinski definition) is 2. The van der Waals surface area contributed by atoms with E-state index in [9.17, 15) is 24.6 Å². The van der Waals surface area contributed by atoms with Crippen molar-refractivity contribution in [2.75, 3.05) is 6.61 Å². The molecular weight excluding hydrogens is 482 g/mol. The smallest absolute Gasteiger partial charge is 0.338 e. The first-order valence-corrected chi connectivity index (χ1v) is 12.7. The average Bonchev–Trinajstić information content (AvgIpc) is 3.07. The Morgan fingerprint density at radius 1 is 1.14 bits per heavy atom. The van der Waals surface area contributed by atoms with Gasteiger partial charge in [0.25, 0.3) is 0 Å². The number of carbonyl (C=O) groups excluding carboxylic acids is 3. The number of ketones is 2. The first-order valence-electron chi connectivity index (χ1n) is 12.7. The Bertz CT molecular complexity index is 1210. The van der Waals surface area contributed by atoms with Crippen molar-refractivity contribution in [3.05, 3.63) is 59.7 Å². The van der Waals surface area contributed by atoms with Crippen LogP contribution in [0.2, 0.25) is 0 Å². The highest BCUT2D eigenvalue weighted by Crippen LogP contribution is 2.70. The van der Waals surface area contributed by atoms with E-state index < -0.39 is 76.3 Å². The van der Waals surface area contributed by atoms with E-state index in [0.717, 1.165) is 6.08 Å². The highest BCUT2D eigenvalue weighted by atomic mass is 19.1. The van der Waals surface area contributed by atoms with Gasteiger partial charge in [0, 0.05) is 16.7 Å². The topological polar surface area (TPSA) is 101 Å². The van der Waals surface area contributed by atoms with Crippen molar-refractivity contribution in [3.63, 3.8) is 0 Å². The molecule has 8 heteroatoms. The summed E-state index contributed by atoms with van der Waals surface area (Å²) >= 11 is 0. The number of esters is 1. The predicted octanol–water partition coefficient (Wildman–Crippen LogP) is 3.71. The van der Waals surface area contributed by atoms with Crippen molar-refractivity contribution >= 4 is 17.5 Å². The van der Waals surface area contributed by atoms with Crippen LogP contribution in [0.5, 0.6) is 0 Å². The lowest BCUT2D eigenvalue weighted by molar-refractivity contribution is -0.223. The molecular formula is C29H32F2O6. The second-order valence-electron chi connectivity index (χ2n) is 11.6. The van der Waals surface area contributed by atoms with Gasteiger partial charge in [0.1, 0.15) is 11.8 Å². The highest BCUT2D eigenvalue weighted by molar-refractivity contribution is 6.01. The van der Waals surface area contributed by atoms with Gasteiger partial charge < -0.3 is 14.9 Å². The molecule has 9 atom stereocenters. The van der Waals surface area contributed by atoms with Crippen LogP contribution in [0, 0.1) is 28.6 Å². The van der Waals surface area contributed by atoms with Gasteiger partial charge in [-0.1, -0.05) is 38.1 Å². The van der Waals surface area contributed by atoms with E-state index in [1.807, 2.05) is 0 Å². The van der Waals surface area contributed by atoms with Crippen molar-refractivity contribution in [1.82, 2.24) is 0 Å². The summed E-state index contributed by atoms with van der Waals surface area (Å²) in [6.07, 6.45) is 0.178. The first kappa shape index (κ1) is 25.9. The second-order valence-corrected chi connectivity index (χ2v) is 11.6. The maximum absolute atomic E-state index is 17.2. The first-order chi connectivity index (χ1) is 17.3. The Hall–Kier alpha value is -2.71. The molecule has 37 heavy (non-hydrogen) atoms. The van der Waals surface area contributed by atoms with Crippen LogP contribution in [0.15, 0.2) is 54.1 Å². The van der Waals surface area contributed by atoms with Crippen molar-refractivity contribution in [3.8, 4) is 0 Å². The number of aliphatic hydroxyl groups excluding tert-OH is 1. The molecule has 3 fully saturated rings. The van der Waals surface area contributed by atoms with Gasteiger partial charge >= 0.3 is 5.97 Å². The zero-order valence-electron chi connectivity index (χ0n) is 21.1. The normalized spacial score (nSPS) is 44.4. The lowest BCUT2D eigenvalue weighted by Gasteiger charge is -2.63. The van der Waals surface area contributed by atoms with Crippen LogP contribution in [-0.2, 0) is 14.3 Å². The van der Waals surface area contributed by atoms with E-state index >= 15 is 8.78 Å². The van der Waals surface area contributed by atoms with Crippen LogP contribution in [-0.4, -0.2) is 57.9 Å². The zero-order chi connectivity index (χ0) is 27.0. The number of halogens is 2. The predicted molar refractivity (Wildman–Crippen MR) is 130 cm³/mol. The molecule has 0 spiro atoms. The van der Waals surface area contributed by atoms with Crippen molar-refractivity contribution < 1.29 is 38.1 Å². The Kier molecular flexibility index (Phi) is 5.88. The van der Waals surface area contributed by atoms with E-state index in [4.69, 9.17) is 4.74 Å². The molecule has 3 saturated carbocycles. The number of benzene rings is 1. The molecule has 2 N–H and O–H groups in total. The van der Waals surface area contributed by atoms with Crippen molar-refractivity contribution in [2.24, 2.45) is 28.6 Å². The van der Waals surface area contributed by atoms with Gasteiger partial charge in [-0.3, -0.25) is 9.59 Å². The molecule has 4 aliphatic carbocycles. The van der Waals surface area contributed by atoms with Gasteiger partial charge in [-0.15, -0.1) is 0 Å². The molecule has 6 nitrogen and oxygen atoms in total. The summed E-state index contributed by atoms with van der Waals surface area (Å²) in [5, 5.41) is 23.3. The number of carbonyl (C=O) groups is 3. The summed E-state index contributed by atoms with van der Waals surface area (Å²) in [7, 11) is 0. The van der Waals surface area contributed by atoms with Crippen LogP contribution < -0.4 is 0 Å². The fourth-order valence-corrected chi connectivity index (χ4v) is 8.03. The van der Waals surface area contributed by atoms with Crippen LogP contribution in [0.3, 0.4) is 0 Å². The largest absolute Gasteiger partial charge is 0.454 e. The van der Waals surface area contributed by atoms with Gasteiger partial charge in [-0.25, -0.2) is 13.6 Å². The van der Waals surface area contributed by atoms with E-state index in [0.29, 0.717) is 0 Å². The standard InChI is InChI=1S/C29H32F2O6/c1-16-11-19-20-13-22(30)21-12-18(32)9-10-26(21,2)28(20,31)23(33)14-27(19,3)29(16,36)24(34)15-37-25(35)17-7-5-4-6-8-17/h4-10,12,16,19-20,22-23,33,36H,11,13-15H2,1-3H3/t16-,19+,20+,22+,23+,26+,27+,28+,29+/m1/s1. The molecule has 0 radical (unpaired) electrons. The number of ether oxygens (including phenoxy) is 1. The fraction of sp³-hybridized carbons (Fsp3) is 0.552. The van der Waals surface area contributed by atoms with Crippen LogP contribution in [0.25, 0.3) is 0 Å². The quantitative estimate of drug-likeness (QED) is 0.595. The molecule has 4 aliphatic rings. The molecule has 0 amide bonds. The van der Waals surface area contributed by atoms with E-state index in [2.05, 4.69) is 0 Å². The molecule has 0 heterocycles. The summed E-state index contributed by atoms with van der Waals surface area (Å²) in [5.41, 5.74) is -6.86. The van der Waals surface area contributed by atoms with Crippen LogP contribution in [0.4, 0.5) is 8.78 Å². The minimum atomic E-state index is -2.30. The van der Waals surface area contributed by atoms with Gasteiger partial charge in [0.05, 0.1) is 11.7 Å². The number of aliphatic hydroxyl groups is 2. The minimum Gasteiger partial charge on any atom is -0.454 e. The van der Waals surface area contributed by atoms with Crippen molar-refractivity contribution in [2.45, 2.75) is 63.6 Å². The van der Waals surface area contributed by atoms with Gasteiger partial charge in [-0.2, -0.15) is 0 Å². The highest BCUT2D eigenvalue weighted by Gasteiger charge is 2.76. The summed E-state index contributed by atoms with van der Waals surface area (Å²) in [5.74, 6) is -4.15. The Morgan fingerprint density at radius 2 is 1.81 bits per heavy atom. The SMILES string of the molecule is C[C@@H]1C[C@H]2[C@@H]3C[C@H](F)C4=CC(=O)C=C[C@]4(C)[C@@]3(F)[C@@H](O)C[C@]2(C)[C@@]1(O)C(=O)COC(=O)c1ccccc1. The molecule has 0 unspecified atom stereocenters. The average molecular weight is 515 g/mol. The van der Waals surface area contributed by atoms with Crippen LogP contribution in [0.1, 0.15) is 50.4 Å². The number of alkyl halides is 2. The minimum absolute atomic E-state index is 0.0200. The molecule has 0 aromatic heterocycles. The maximum atomic E-state index is 17.2. The zero-order valence-corrected chi connectivity index (χ0v) is 21.1. The molecule has 0 saturated heterocycles. The monoisotopic (exact) mass is 514 g/mol. The number of Topliss-reactive ketones (excluding diaryl/α,β-unsaturated/α-hetero) is 1. The number of rotatable bonds is 4. The lowest BCUT2D eigenvalue weighted by atomic mass is 9.44. The second kappa shape index (κ2) is 8.40. The maximum Gasteiger partial charge on any atom is 0.338 e. The van der Waals surface area contributed by atoms with Crippen LogP contribution >= 0.6 is 0 Å². The Labute approximate surface area is 214 Å². The number of fused-ring (bicyclic) bond motifs is 5. The molecule has 0 bridgehead atoms. The fourth-order valence-electron chi connectivity index (χ4n) is 8.03. The summed E-state index contributed by atoms with van der Waals surface area (Å²) in [6.45, 7) is 4.14. The molecule has 5 rings (SSSR count). The molecule has 198 valence electrons. The molecule has 1 aromatic carbocycles. The van der Waals surface area contributed by atoms with E-state index in [1.165, 1.54) is 19.1 Å². The Morgan fingerprint density at radius 3 is 2.49 bits per heavy atom. The van der Waals surface area contributed by atoms with Gasteiger partial charge in [0.2, 0.25) is 5.78 Å². The lowest BCUT2D eigenvalue weighted by Crippen LogP contribution is -2.70. The van der Waals surface area contributed by atoms with E-state index in [1.54, 1.807) is 44.2 Å².